The molecule has 0 aliphatic carbocycles. The van der Waals surface area contributed by atoms with Gasteiger partial charge in [0, 0.05) is 12.0 Å². The Labute approximate surface area is 199 Å². The Morgan fingerprint density at radius 1 is 1.00 bits per heavy atom. The fraction of sp³-hybridized carbons (Fsp3) is 0.714. The van der Waals surface area contributed by atoms with Crippen LogP contribution in [0.2, 0.25) is 0 Å². The van der Waals surface area contributed by atoms with Crippen molar-refractivity contribution < 1.29 is 34.2 Å². The average molecular weight is 487 g/mol. The quantitative estimate of drug-likeness (QED) is 0.0781. The van der Waals surface area contributed by atoms with Crippen LogP contribution < -0.4 is 27.4 Å². The van der Waals surface area contributed by atoms with Crippen molar-refractivity contribution in [3.8, 4) is 0 Å². The van der Waals surface area contributed by atoms with Crippen molar-refractivity contribution in [1.82, 2.24) is 16.0 Å². The van der Waals surface area contributed by atoms with Gasteiger partial charge < -0.3 is 37.6 Å². The summed E-state index contributed by atoms with van der Waals surface area (Å²) in [6.07, 6.45) is 2.74. The maximum absolute atomic E-state index is 13.0. The molecule has 194 valence electrons. The molecule has 3 amide bonds. The molecular weight excluding hydrogens is 448 g/mol. The van der Waals surface area contributed by atoms with Crippen molar-refractivity contribution in [2.45, 2.75) is 77.8 Å². The van der Waals surface area contributed by atoms with Gasteiger partial charge in [-0.1, -0.05) is 33.6 Å². The lowest BCUT2D eigenvalue weighted by Crippen LogP contribution is -2.53. The van der Waals surface area contributed by atoms with Gasteiger partial charge in [0.25, 0.3) is 0 Å². The van der Waals surface area contributed by atoms with Crippen LogP contribution in [-0.2, 0) is 24.0 Å². The van der Waals surface area contributed by atoms with Gasteiger partial charge >= 0.3 is 11.9 Å². The number of unbranched alkanes of at least 4 members (excludes halogenated alkanes) is 1. The molecule has 13 heteroatoms. The summed E-state index contributed by atoms with van der Waals surface area (Å²) in [4.78, 5) is 63.4. The number of guanidine groups is 1. The van der Waals surface area contributed by atoms with Gasteiger partial charge in [0.1, 0.15) is 12.1 Å². The number of aliphatic imine (C=N–C) groups is 1. The molecule has 13 nitrogen and oxygen atoms in total. The maximum atomic E-state index is 13.0. The van der Waals surface area contributed by atoms with Crippen molar-refractivity contribution in [2.75, 3.05) is 13.1 Å². The van der Waals surface area contributed by atoms with E-state index in [-0.39, 0.29) is 24.8 Å². The average Bonchev–Trinajstić information content (AvgIpc) is 2.76. The van der Waals surface area contributed by atoms with E-state index in [1.54, 1.807) is 0 Å². The summed E-state index contributed by atoms with van der Waals surface area (Å²) in [6, 6.07) is -2.61. The Balaban J connectivity index is 5.22. The predicted octanol–water partition coefficient (Wildman–Crippen LogP) is -0.708. The molecular formula is C21H38N6O7. The zero-order chi connectivity index (χ0) is 26.3. The number of carbonyl (C=O) groups excluding carboxylic acids is 3. The standard InChI is InChI=1S/C21H38N6O7/c1-4-6-9-21(3,5-2)19(34)27-13(8-7-10-24-20(22)23)17(31)25-12-15(28)26-14(18(32)33)11-16(29)30/h13-14H,4-12H2,1-3H3,(H,25,31)(H,26,28)(H,27,34)(H,29,30)(H,32,33)(H4,22,23,24). The highest BCUT2D eigenvalue weighted by molar-refractivity contribution is 5.93. The van der Waals surface area contributed by atoms with Gasteiger partial charge in [-0.15, -0.1) is 0 Å². The third-order valence-electron chi connectivity index (χ3n) is 5.41. The smallest absolute Gasteiger partial charge is 0.326 e. The van der Waals surface area contributed by atoms with E-state index < -0.39 is 54.2 Å². The predicted molar refractivity (Wildman–Crippen MR) is 125 cm³/mol. The van der Waals surface area contributed by atoms with Crippen molar-refractivity contribution in [2.24, 2.45) is 21.9 Å². The fourth-order valence-electron chi connectivity index (χ4n) is 3.03. The lowest BCUT2D eigenvalue weighted by Gasteiger charge is -2.29. The van der Waals surface area contributed by atoms with E-state index in [1.165, 1.54) is 0 Å². The minimum absolute atomic E-state index is 0.103. The maximum Gasteiger partial charge on any atom is 0.326 e. The Morgan fingerprint density at radius 3 is 2.15 bits per heavy atom. The number of carbonyl (C=O) groups is 5. The molecule has 34 heavy (non-hydrogen) atoms. The van der Waals surface area contributed by atoms with E-state index in [9.17, 15) is 24.0 Å². The van der Waals surface area contributed by atoms with E-state index in [4.69, 9.17) is 21.7 Å². The molecule has 3 atom stereocenters. The van der Waals surface area contributed by atoms with Crippen molar-refractivity contribution >= 4 is 35.6 Å². The van der Waals surface area contributed by atoms with E-state index in [0.29, 0.717) is 19.3 Å². The number of hydrogen-bond donors (Lipinski definition) is 7. The van der Waals surface area contributed by atoms with Crippen LogP contribution in [0, 0.1) is 5.41 Å². The zero-order valence-corrected chi connectivity index (χ0v) is 20.1. The number of hydrogen-bond acceptors (Lipinski definition) is 6. The van der Waals surface area contributed by atoms with Gasteiger partial charge in [-0.25, -0.2) is 4.79 Å². The minimum Gasteiger partial charge on any atom is -0.481 e. The highest BCUT2D eigenvalue weighted by Gasteiger charge is 2.33. The lowest BCUT2D eigenvalue weighted by atomic mass is 9.81. The van der Waals surface area contributed by atoms with Crippen LogP contribution >= 0.6 is 0 Å². The first-order valence-corrected chi connectivity index (χ1v) is 11.2. The number of carboxylic acids is 2. The molecule has 0 bridgehead atoms. The summed E-state index contributed by atoms with van der Waals surface area (Å²) >= 11 is 0. The number of carboxylic acid groups (broad SMARTS) is 2. The van der Waals surface area contributed by atoms with Gasteiger partial charge in [0.05, 0.1) is 13.0 Å². The Morgan fingerprint density at radius 2 is 1.65 bits per heavy atom. The summed E-state index contributed by atoms with van der Waals surface area (Å²) in [7, 11) is 0. The first kappa shape index (κ1) is 30.6. The lowest BCUT2D eigenvalue weighted by molar-refractivity contribution is -0.147. The molecule has 0 fully saturated rings. The summed E-state index contributed by atoms with van der Waals surface area (Å²) in [5.41, 5.74) is 9.93. The molecule has 0 saturated carbocycles. The normalized spacial score (nSPS) is 14.1. The van der Waals surface area contributed by atoms with Gasteiger partial charge in [-0.3, -0.25) is 24.2 Å². The first-order valence-electron chi connectivity index (χ1n) is 11.2. The summed E-state index contributed by atoms with van der Waals surface area (Å²) in [5, 5.41) is 24.9. The van der Waals surface area contributed by atoms with Gasteiger partial charge in [0.2, 0.25) is 17.7 Å². The van der Waals surface area contributed by atoms with E-state index in [2.05, 4.69) is 15.6 Å². The zero-order valence-electron chi connectivity index (χ0n) is 20.1. The molecule has 0 radical (unpaired) electrons. The molecule has 0 spiro atoms. The number of rotatable bonds is 17. The molecule has 0 aromatic heterocycles. The second-order valence-electron chi connectivity index (χ2n) is 8.27. The van der Waals surface area contributed by atoms with Crippen molar-refractivity contribution in [1.29, 1.82) is 0 Å². The monoisotopic (exact) mass is 486 g/mol. The molecule has 0 aromatic carbocycles. The summed E-state index contributed by atoms with van der Waals surface area (Å²) < 4.78 is 0. The topological polar surface area (TPSA) is 226 Å². The molecule has 0 saturated heterocycles. The second-order valence-corrected chi connectivity index (χ2v) is 8.27. The molecule has 0 heterocycles. The summed E-state index contributed by atoms with van der Waals surface area (Å²) in [5.74, 6) is -4.84. The van der Waals surface area contributed by atoms with Crippen molar-refractivity contribution in [3.63, 3.8) is 0 Å². The van der Waals surface area contributed by atoms with Crippen LogP contribution in [-0.4, -0.2) is 71.0 Å². The van der Waals surface area contributed by atoms with Crippen LogP contribution in [0.15, 0.2) is 4.99 Å². The number of nitrogens with two attached hydrogens (primary N) is 2. The molecule has 0 aromatic rings. The van der Waals surface area contributed by atoms with Crippen LogP contribution in [0.5, 0.6) is 0 Å². The van der Waals surface area contributed by atoms with E-state index >= 15 is 0 Å². The Kier molecular flexibility index (Phi) is 13.9. The Bertz CT molecular complexity index is 754. The third-order valence-corrected chi connectivity index (χ3v) is 5.41. The first-order chi connectivity index (χ1) is 15.9. The van der Waals surface area contributed by atoms with Crippen LogP contribution in [0.25, 0.3) is 0 Å². The number of nitrogens with zero attached hydrogens (tertiary/aromatic N) is 1. The molecule has 9 N–H and O–H groups in total. The van der Waals surface area contributed by atoms with Gasteiger partial charge in [0.15, 0.2) is 5.96 Å². The molecule has 0 aliphatic rings. The molecule has 3 unspecified atom stereocenters. The number of aliphatic carboxylic acids is 2. The number of nitrogens with one attached hydrogen (secondary N) is 3. The third kappa shape index (κ3) is 12.0. The van der Waals surface area contributed by atoms with Crippen LogP contribution in [0.1, 0.15) is 65.7 Å². The second kappa shape index (κ2) is 15.5. The van der Waals surface area contributed by atoms with E-state index in [1.807, 2.05) is 26.1 Å². The molecule has 0 rings (SSSR count). The minimum atomic E-state index is -1.64. The largest absolute Gasteiger partial charge is 0.481 e. The summed E-state index contributed by atoms with van der Waals surface area (Å²) in [6.45, 7) is 5.38. The molecule has 0 aliphatic heterocycles. The highest BCUT2D eigenvalue weighted by Crippen LogP contribution is 2.28. The fourth-order valence-corrected chi connectivity index (χ4v) is 3.03. The number of amides is 3. The van der Waals surface area contributed by atoms with Gasteiger partial charge in [-0.05, 0) is 25.7 Å². The highest BCUT2D eigenvalue weighted by atomic mass is 16.4. The van der Waals surface area contributed by atoms with Crippen LogP contribution in [0.4, 0.5) is 0 Å². The SMILES string of the molecule is CCCCC(C)(CC)C(=O)NC(CCCN=C(N)N)C(=O)NCC(=O)NC(CC(=O)O)C(=O)O. The van der Waals surface area contributed by atoms with Crippen molar-refractivity contribution in [3.05, 3.63) is 0 Å². The van der Waals surface area contributed by atoms with E-state index in [0.717, 1.165) is 12.8 Å². The Hall–Kier alpha value is -3.38. The van der Waals surface area contributed by atoms with Crippen LogP contribution in [0.3, 0.4) is 0 Å². The van der Waals surface area contributed by atoms with Gasteiger partial charge in [-0.2, -0.15) is 0 Å².